The summed E-state index contributed by atoms with van der Waals surface area (Å²) in [6.07, 6.45) is 2.01. The van der Waals surface area contributed by atoms with Crippen molar-refractivity contribution in [1.82, 2.24) is 19.7 Å². The second-order valence-corrected chi connectivity index (χ2v) is 4.85. The average molecular weight is 292 g/mol. The summed E-state index contributed by atoms with van der Waals surface area (Å²) in [6.45, 7) is 8.05. The number of hydrogen-bond acceptors (Lipinski definition) is 5. The van der Waals surface area contributed by atoms with Crippen LogP contribution in [0.15, 0.2) is 12.3 Å². The monoisotopic (exact) mass is 292 g/mol. The Bertz CT molecular complexity index is 595. The third kappa shape index (κ3) is 4.14. The lowest BCUT2D eigenvalue weighted by Crippen LogP contribution is -2.12. The molecule has 0 bridgehead atoms. The van der Waals surface area contributed by atoms with E-state index in [0.29, 0.717) is 19.0 Å². The molecule has 2 aromatic heterocycles. The van der Waals surface area contributed by atoms with E-state index in [1.54, 1.807) is 0 Å². The number of anilines is 2. The zero-order valence-corrected chi connectivity index (χ0v) is 12.6. The van der Waals surface area contributed by atoms with Gasteiger partial charge >= 0.3 is 0 Å². The molecule has 2 rings (SSSR count). The van der Waals surface area contributed by atoms with Crippen LogP contribution < -0.4 is 10.6 Å². The first-order chi connectivity index (χ1) is 10.1. The Morgan fingerprint density at radius 1 is 1.29 bits per heavy atom. The summed E-state index contributed by atoms with van der Waals surface area (Å²) in [4.78, 5) is 7.96. The summed E-state index contributed by atoms with van der Waals surface area (Å²) in [7, 11) is 0. The zero-order valence-electron chi connectivity index (χ0n) is 12.6. The molecule has 2 N–H and O–H groups in total. The largest absolute Gasteiger partial charge is 0.367 e. The summed E-state index contributed by atoms with van der Waals surface area (Å²) < 4.78 is 15.6. The van der Waals surface area contributed by atoms with Gasteiger partial charge < -0.3 is 10.6 Å². The van der Waals surface area contributed by atoms with E-state index in [-0.39, 0.29) is 5.82 Å². The number of aryl methyl sites for hydroxylation is 3. The molecule has 0 amide bonds. The first kappa shape index (κ1) is 15.2. The molecular formula is C14H21FN6. The Balaban J connectivity index is 1.85. The van der Waals surface area contributed by atoms with Crippen molar-refractivity contribution in [3.05, 3.63) is 29.5 Å². The fourth-order valence-electron chi connectivity index (χ4n) is 2.07. The second-order valence-electron chi connectivity index (χ2n) is 4.85. The van der Waals surface area contributed by atoms with Gasteiger partial charge in [0.15, 0.2) is 11.6 Å². The highest BCUT2D eigenvalue weighted by molar-refractivity contribution is 5.40. The van der Waals surface area contributed by atoms with Crippen LogP contribution in [-0.4, -0.2) is 32.8 Å². The summed E-state index contributed by atoms with van der Waals surface area (Å²) in [6, 6.07) is 2.04. The Morgan fingerprint density at radius 3 is 2.76 bits per heavy atom. The van der Waals surface area contributed by atoms with E-state index in [1.165, 1.54) is 6.20 Å². The van der Waals surface area contributed by atoms with Crippen LogP contribution in [0.2, 0.25) is 0 Å². The normalized spacial score (nSPS) is 10.7. The number of halogens is 1. The molecule has 0 saturated carbocycles. The van der Waals surface area contributed by atoms with Gasteiger partial charge in [-0.2, -0.15) is 10.1 Å². The molecule has 21 heavy (non-hydrogen) atoms. The van der Waals surface area contributed by atoms with Crippen molar-refractivity contribution < 1.29 is 4.39 Å². The van der Waals surface area contributed by atoms with Gasteiger partial charge in [-0.05, 0) is 33.3 Å². The van der Waals surface area contributed by atoms with E-state index >= 15 is 0 Å². The van der Waals surface area contributed by atoms with Gasteiger partial charge in [-0.1, -0.05) is 0 Å². The highest BCUT2D eigenvalue weighted by Gasteiger charge is 2.06. The molecular weight excluding hydrogens is 271 g/mol. The minimum absolute atomic E-state index is 0.231. The Morgan fingerprint density at radius 2 is 2.10 bits per heavy atom. The minimum atomic E-state index is -0.442. The Labute approximate surface area is 123 Å². The van der Waals surface area contributed by atoms with Crippen LogP contribution in [0.4, 0.5) is 16.2 Å². The van der Waals surface area contributed by atoms with Crippen LogP contribution in [0, 0.1) is 19.7 Å². The summed E-state index contributed by atoms with van der Waals surface area (Å²) in [5.41, 5.74) is 2.15. The molecule has 0 aliphatic heterocycles. The standard InChI is InChI=1S/C14H21FN6/c1-4-16-14-18-9-12(15)13(19-14)17-6-5-7-21-11(3)8-10(2)20-21/h8-9H,4-7H2,1-3H3,(H2,16,17,18,19). The first-order valence-corrected chi connectivity index (χ1v) is 7.11. The van der Waals surface area contributed by atoms with Crippen molar-refractivity contribution in [2.45, 2.75) is 33.7 Å². The fourth-order valence-corrected chi connectivity index (χ4v) is 2.07. The molecule has 2 heterocycles. The van der Waals surface area contributed by atoms with Crippen LogP contribution in [0.25, 0.3) is 0 Å². The number of hydrogen-bond donors (Lipinski definition) is 2. The molecule has 6 nitrogen and oxygen atoms in total. The van der Waals surface area contributed by atoms with E-state index in [9.17, 15) is 4.39 Å². The molecule has 7 heteroatoms. The van der Waals surface area contributed by atoms with Crippen LogP contribution >= 0.6 is 0 Å². The van der Waals surface area contributed by atoms with Gasteiger partial charge in [0.05, 0.1) is 11.9 Å². The highest BCUT2D eigenvalue weighted by Crippen LogP contribution is 2.12. The van der Waals surface area contributed by atoms with Gasteiger partial charge in [-0.3, -0.25) is 4.68 Å². The SMILES string of the molecule is CCNc1ncc(F)c(NCCCn2nc(C)cc2C)n1. The zero-order chi connectivity index (χ0) is 15.2. The van der Waals surface area contributed by atoms with Crippen LogP contribution in [0.5, 0.6) is 0 Å². The molecule has 0 fully saturated rings. The maximum Gasteiger partial charge on any atom is 0.224 e. The first-order valence-electron chi connectivity index (χ1n) is 7.11. The van der Waals surface area contributed by atoms with Crippen molar-refractivity contribution in [3.8, 4) is 0 Å². The number of nitrogens with zero attached hydrogens (tertiary/aromatic N) is 4. The summed E-state index contributed by atoms with van der Waals surface area (Å²) in [5, 5.41) is 10.3. The fraction of sp³-hybridized carbons (Fsp3) is 0.500. The van der Waals surface area contributed by atoms with E-state index in [0.717, 1.165) is 24.4 Å². The molecule has 0 saturated heterocycles. The topological polar surface area (TPSA) is 67.7 Å². The molecule has 0 aliphatic carbocycles. The molecule has 2 aromatic rings. The van der Waals surface area contributed by atoms with Crippen LogP contribution in [0.1, 0.15) is 24.7 Å². The van der Waals surface area contributed by atoms with Crippen LogP contribution in [0.3, 0.4) is 0 Å². The highest BCUT2D eigenvalue weighted by atomic mass is 19.1. The molecule has 0 aliphatic rings. The molecule has 0 aromatic carbocycles. The lowest BCUT2D eigenvalue weighted by Gasteiger charge is -2.09. The predicted octanol–water partition coefficient (Wildman–Crippen LogP) is 2.36. The van der Waals surface area contributed by atoms with E-state index in [1.807, 2.05) is 31.5 Å². The third-order valence-electron chi connectivity index (χ3n) is 3.02. The summed E-state index contributed by atoms with van der Waals surface area (Å²) in [5.74, 6) is 0.219. The van der Waals surface area contributed by atoms with E-state index in [2.05, 4.69) is 25.7 Å². The average Bonchev–Trinajstić information content (AvgIpc) is 2.76. The predicted molar refractivity (Wildman–Crippen MR) is 81.0 cm³/mol. The molecule has 114 valence electrons. The van der Waals surface area contributed by atoms with Crippen molar-refractivity contribution >= 4 is 11.8 Å². The molecule has 0 unspecified atom stereocenters. The smallest absolute Gasteiger partial charge is 0.224 e. The minimum Gasteiger partial charge on any atom is -0.367 e. The number of rotatable bonds is 7. The van der Waals surface area contributed by atoms with E-state index < -0.39 is 5.82 Å². The lowest BCUT2D eigenvalue weighted by molar-refractivity contribution is 0.570. The molecule has 0 radical (unpaired) electrons. The molecule has 0 atom stereocenters. The number of nitrogens with one attached hydrogen (secondary N) is 2. The molecule has 0 spiro atoms. The van der Waals surface area contributed by atoms with Gasteiger partial charge in [0.25, 0.3) is 0 Å². The van der Waals surface area contributed by atoms with Gasteiger partial charge in [0.1, 0.15) is 0 Å². The summed E-state index contributed by atoms with van der Waals surface area (Å²) >= 11 is 0. The van der Waals surface area contributed by atoms with E-state index in [4.69, 9.17) is 0 Å². The van der Waals surface area contributed by atoms with Crippen molar-refractivity contribution in [1.29, 1.82) is 0 Å². The number of aromatic nitrogens is 4. The maximum atomic E-state index is 13.6. The van der Waals surface area contributed by atoms with Crippen LogP contribution in [-0.2, 0) is 6.54 Å². The van der Waals surface area contributed by atoms with Gasteiger partial charge in [-0.25, -0.2) is 9.37 Å². The van der Waals surface area contributed by atoms with Gasteiger partial charge in [0.2, 0.25) is 5.95 Å². The maximum absolute atomic E-state index is 13.6. The Kier molecular flexibility index (Phi) is 5.08. The Hall–Kier alpha value is -2.18. The van der Waals surface area contributed by atoms with Gasteiger partial charge in [0, 0.05) is 25.3 Å². The van der Waals surface area contributed by atoms with Gasteiger partial charge in [-0.15, -0.1) is 0 Å². The van der Waals surface area contributed by atoms with Crippen molar-refractivity contribution in [2.75, 3.05) is 23.7 Å². The second kappa shape index (κ2) is 7.01. The third-order valence-corrected chi connectivity index (χ3v) is 3.02. The lowest BCUT2D eigenvalue weighted by atomic mass is 10.4. The van der Waals surface area contributed by atoms with Crippen molar-refractivity contribution in [3.63, 3.8) is 0 Å². The van der Waals surface area contributed by atoms with Crippen molar-refractivity contribution in [2.24, 2.45) is 0 Å². The quantitative estimate of drug-likeness (QED) is 0.767.